The normalized spacial score (nSPS) is 24.1. The van der Waals surface area contributed by atoms with Crippen LogP contribution in [-0.4, -0.2) is 55.2 Å². The van der Waals surface area contributed by atoms with Crippen molar-refractivity contribution in [2.24, 2.45) is 0 Å². The fourth-order valence-electron chi connectivity index (χ4n) is 3.91. The molecule has 0 amide bonds. The summed E-state index contributed by atoms with van der Waals surface area (Å²) in [7, 11) is 0. The molecule has 3 heteroatoms. The van der Waals surface area contributed by atoms with Gasteiger partial charge in [0.05, 0.1) is 6.61 Å². The molecule has 0 aliphatic carbocycles. The predicted octanol–water partition coefficient (Wildman–Crippen LogP) is 3.24. The SMILES string of the molecule is Cc1cccc(C(C)N2CCC(N3CCCOCC3)CC2)c1. The van der Waals surface area contributed by atoms with Crippen molar-refractivity contribution in [1.82, 2.24) is 9.80 Å². The molecule has 0 aromatic heterocycles. The molecule has 22 heavy (non-hydrogen) atoms. The summed E-state index contributed by atoms with van der Waals surface area (Å²) >= 11 is 0. The van der Waals surface area contributed by atoms with Crippen LogP contribution in [0.25, 0.3) is 0 Å². The number of benzene rings is 1. The summed E-state index contributed by atoms with van der Waals surface area (Å²) in [6.45, 7) is 11.2. The van der Waals surface area contributed by atoms with E-state index in [1.807, 2.05) is 0 Å². The van der Waals surface area contributed by atoms with Gasteiger partial charge >= 0.3 is 0 Å². The molecule has 122 valence electrons. The molecular weight excluding hydrogens is 272 g/mol. The molecule has 0 N–H and O–H groups in total. The molecule has 2 heterocycles. The van der Waals surface area contributed by atoms with Crippen molar-refractivity contribution in [3.05, 3.63) is 35.4 Å². The first-order valence-corrected chi connectivity index (χ1v) is 8.86. The Morgan fingerprint density at radius 1 is 1.09 bits per heavy atom. The van der Waals surface area contributed by atoms with E-state index in [9.17, 15) is 0 Å². The van der Waals surface area contributed by atoms with Gasteiger partial charge in [-0.2, -0.15) is 0 Å². The highest BCUT2D eigenvalue weighted by atomic mass is 16.5. The molecule has 3 rings (SSSR count). The molecule has 0 bridgehead atoms. The second kappa shape index (κ2) is 7.58. The van der Waals surface area contributed by atoms with Crippen LogP contribution in [-0.2, 0) is 4.74 Å². The van der Waals surface area contributed by atoms with Gasteiger partial charge in [0.2, 0.25) is 0 Å². The highest BCUT2D eigenvalue weighted by Crippen LogP contribution is 2.26. The van der Waals surface area contributed by atoms with Gasteiger partial charge in [0, 0.05) is 44.9 Å². The Balaban J connectivity index is 1.54. The highest BCUT2D eigenvalue weighted by molar-refractivity contribution is 5.24. The van der Waals surface area contributed by atoms with Gasteiger partial charge < -0.3 is 4.74 Å². The lowest BCUT2D eigenvalue weighted by molar-refractivity contribution is 0.0815. The molecule has 3 nitrogen and oxygen atoms in total. The third kappa shape index (κ3) is 3.89. The minimum atomic E-state index is 0.535. The summed E-state index contributed by atoms with van der Waals surface area (Å²) in [6.07, 6.45) is 3.80. The summed E-state index contributed by atoms with van der Waals surface area (Å²) in [6, 6.07) is 10.3. The average Bonchev–Trinajstić information content (AvgIpc) is 2.84. The number of hydrogen-bond donors (Lipinski definition) is 0. The summed E-state index contributed by atoms with van der Waals surface area (Å²) in [5.41, 5.74) is 2.82. The molecule has 0 radical (unpaired) electrons. The Hall–Kier alpha value is -0.900. The zero-order chi connectivity index (χ0) is 15.4. The second-order valence-corrected chi connectivity index (χ2v) is 6.86. The molecule has 2 aliphatic heterocycles. The molecule has 2 saturated heterocycles. The first kappa shape index (κ1) is 16.0. The maximum atomic E-state index is 5.59. The van der Waals surface area contributed by atoms with E-state index in [2.05, 4.69) is 47.9 Å². The Morgan fingerprint density at radius 2 is 1.91 bits per heavy atom. The zero-order valence-electron chi connectivity index (χ0n) is 14.1. The van der Waals surface area contributed by atoms with E-state index >= 15 is 0 Å². The van der Waals surface area contributed by atoms with Crippen LogP contribution in [0.4, 0.5) is 0 Å². The van der Waals surface area contributed by atoms with Crippen molar-refractivity contribution in [2.45, 2.75) is 45.2 Å². The second-order valence-electron chi connectivity index (χ2n) is 6.86. The van der Waals surface area contributed by atoms with Gasteiger partial charge in [-0.05, 0) is 38.7 Å². The van der Waals surface area contributed by atoms with E-state index in [0.29, 0.717) is 6.04 Å². The van der Waals surface area contributed by atoms with Crippen LogP contribution in [0, 0.1) is 6.92 Å². The largest absolute Gasteiger partial charge is 0.380 e. The number of rotatable bonds is 3. The maximum absolute atomic E-state index is 5.59. The van der Waals surface area contributed by atoms with E-state index in [1.165, 1.54) is 50.0 Å². The quantitative estimate of drug-likeness (QED) is 0.852. The molecule has 2 aliphatic rings. The van der Waals surface area contributed by atoms with E-state index in [-0.39, 0.29) is 0 Å². The van der Waals surface area contributed by atoms with Crippen molar-refractivity contribution < 1.29 is 4.74 Å². The topological polar surface area (TPSA) is 15.7 Å². The fraction of sp³-hybridized carbons (Fsp3) is 0.684. The van der Waals surface area contributed by atoms with Crippen molar-refractivity contribution in [2.75, 3.05) is 39.4 Å². The van der Waals surface area contributed by atoms with Crippen molar-refractivity contribution in [3.8, 4) is 0 Å². The lowest BCUT2D eigenvalue weighted by atomic mass is 9.98. The lowest BCUT2D eigenvalue weighted by Crippen LogP contribution is -2.46. The van der Waals surface area contributed by atoms with Crippen molar-refractivity contribution >= 4 is 0 Å². The number of hydrogen-bond acceptors (Lipinski definition) is 3. The minimum Gasteiger partial charge on any atom is -0.380 e. The molecule has 0 spiro atoms. The van der Waals surface area contributed by atoms with Gasteiger partial charge in [0.1, 0.15) is 0 Å². The van der Waals surface area contributed by atoms with Gasteiger partial charge in [-0.15, -0.1) is 0 Å². The van der Waals surface area contributed by atoms with Crippen LogP contribution in [0.3, 0.4) is 0 Å². The third-order valence-corrected chi connectivity index (χ3v) is 5.34. The minimum absolute atomic E-state index is 0.535. The molecule has 2 fully saturated rings. The predicted molar refractivity (Wildman–Crippen MR) is 91.2 cm³/mol. The Kier molecular flexibility index (Phi) is 5.51. The van der Waals surface area contributed by atoms with Crippen molar-refractivity contribution in [3.63, 3.8) is 0 Å². The monoisotopic (exact) mass is 302 g/mol. The van der Waals surface area contributed by atoms with Gasteiger partial charge in [-0.3, -0.25) is 9.80 Å². The molecule has 1 atom stereocenters. The molecular formula is C19H30N2O. The number of piperidine rings is 1. The van der Waals surface area contributed by atoms with Crippen LogP contribution in [0.5, 0.6) is 0 Å². The van der Waals surface area contributed by atoms with Crippen LogP contribution in [0.2, 0.25) is 0 Å². The third-order valence-electron chi connectivity index (χ3n) is 5.34. The van der Waals surface area contributed by atoms with Crippen LogP contribution < -0.4 is 0 Å². The van der Waals surface area contributed by atoms with Crippen LogP contribution >= 0.6 is 0 Å². The highest BCUT2D eigenvalue weighted by Gasteiger charge is 2.27. The first-order valence-electron chi connectivity index (χ1n) is 8.86. The van der Waals surface area contributed by atoms with Gasteiger partial charge in [-0.25, -0.2) is 0 Å². The van der Waals surface area contributed by atoms with E-state index in [4.69, 9.17) is 4.74 Å². The molecule has 1 unspecified atom stereocenters. The number of nitrogens with zero attached hydrogens (tertiary/aromatic N) is 2. The molecule has 1 aromatic carbocycles. The lowest BCUT2D eigenvalue weighted by Gasteiger charge is -2.40. The van der Waals surface area contributed by atoms with Crippen LogP contribution in [0.1, 0.15) is 43.4 Å². The molecule has 0 saturated carbocycles. The summed E-state index contributed by atoms with van der Waals surface area (Å²) in [4.78, 5) is 5.32. The Morgan fingerprint density at radius 3 is 2.68 bits per heavy atom. The smallest absolute Gasteiger partial charge is 0.0593 e. The summed E-state index contributed by atoms with van der Waals surface area (Å²) in [5.74, 6) is 0. The standard InChI is InChI=1S/C19H30N2O/c1-16-5-3-6-18(15-16)17(2)20-10-7-19(8-11-20)21-9-4-13-22-14-12-21/h3,5-6,15,17,19H,4,7-14H2,1-2H3. The van der Waals surface area contributed by atoms with Crippen LogP contribution in [0.15, 0.2) is 24.3 Å². The number of ether oxygens (including phenoxy) is 1. The first-order chi connectivity index (χ1) is 10.7. The van der Waals surface area contributed by atoms with E-state index in [1.54, 1.807) is 0 Å². The van der Waals surface area contributed by atoms with E-state index < -0.39 is 0 Å². The fourth-order valence-corrected chi connectivity index (χ4v) is 3.91. The maximum Gasteiger partial charge on any atom is 0.0593 e. The number of aryl methyl sites for hydroxylation is 1. The van der Waals surface area contributed by atoms with E-state index in [0.717, 1.165) is 25.8 Å². The molecule has 1 aromatic rings. The summed E-state index contributed by atoms with van der Waals surface area (Å²) < 4.78 is 5.59. The van der Waals surface area contributed by atoms with Crippen molar-refractivity contribution in [1.29, 1.82) is 0 Å². The zero-order valence-corrected chi connectivity index (χ0v) is 14.1. The Bertz CT molecular complexity index is 460. The summed E-state index contributed by atoms with van der Waals surface area (Å²) in [5, 5.41) is 0. The van der Waals surface area contributed by atoms with Gasteiger partial charge in [0.15, 0.2) is 0 Å². The van der Waals surface area contributed by atoms with Gasteiger partial charge in [-0.1, -0.05) is 29.8 Å². The Labute approximate surface area is 135 Å². The number of likely N-dealkylation sites (tertiary alicyclic amines) is 1. The van der Waals surface area contributed by atoms with Gasteiger partial charge in [0.25, 0.3) is 0 Å². The average molecular weight is 302 g/mol.